The van der Waals surface area contributed by atoms with Crippen molar-refractivity contribution in [1.82, 2.24) is 0 Å². The van der Waals surface area contributed by atoms with Crippen LogP contribution in [-0.2, 0) is 6.42 Å². The van der Waals surface area contributed by atoms with Crippen molar-refractivity contribution in [1.29, 1.82) is 0 Å². The zero-order chi connectivity index (χ0) is 11.5. The summed E-state index contributed by atoms with van der Waals surface area (Å²) in [5, 5.41) is 10.6. The average molecular weight is 237 g/mol. The van der Waals surface area contributed by atoms with Gasteiger partial charge in [-0.1, -0.05) is 23.7 Å². The molecule has 16 heavy (non-hydrogen) atoms. The van der Waals surface area contributed by atoms with E-state index in [1.54, 1.807) is 12.5 Å². The molecule has 0 amide bonds. The molecule has 0 saturated carbocycles. The Kier molecular flexibility index (Phi) is 3.32. The van der Waals surface area contributed by atoms with Crippen LogP contribution in [0.1, 0.15) is 22.8 Å². The lowest BCUT2D eigenvalue weighted by atomic mass is 10.0. The van der Waals surface area contributed by atoms with E-state index in [9.17, 15) is 5.11 Å². The van der Waals surface area contributed by atoms with Gasteiger partial charge in [0.15, 0.2) is 0 Å². The standard InChI is InChI=1S/C13H13ClO2/c1-9-2-3-11(12(14)6-9)13(15)7-10-4-5-16-8-10/h2-6,8,13,15H,7H2,1H3. The summed E-state index contributed by atoms with van der Waals surface area (Å²) in [5.41, 5.74) is 2.81. The molecule has 0 bridgehead atoms. The molecular weight excluding hydrogens is 224 g/mol. The monoisotopic (exact) mass is 236 g/mol. The number of aliphatic hydroxyl groups excluding tert-OH is 1. The maximum absolute atomic E-state index is 10.0. The van der Waals surface area contributed by atoms with E-state index in [-0.39, 0.29) is 0 Å². The first kappa shape index (κ1) is 11.2. The highest BCUT2D eigenvalue weighted by atomic mass is 35.5. The minimum Gasteiger partial charge on any atom is -0.472 e. The maximum atomic E-state index is 10.0. The second-order valence-electron chi connectivity index (χ2n) is 3.88. The van der Waals surface area contributed by atoms with Gasteiger partial charge in [0.2, 0.25) is 0 Å². The summed E-state index contributed by atoms with van der Waals surface area (Å²) in [6.07, 6.45) is 3.15. The minimum absolute atomic E-state index is 0.513. The molecule has 0 aliphatic rings. The molecule has 0 spiro atoms. The third kappa shape index (κ3) is 2.46. The van der Waals surface area contributed by atoms with E-state index in [0.29, 0.717) is 11.4 Å². The summed E-state index contributed by atoms with van der Waals surface area (Å²) in [6, 6.07) is 7.50. The van der Waals surface area contributed by atoms with Crippen LogP contribution in [-0.4, -0.2) is 5.11 Å². The highest BCUT2D eigenvalue weighted by Crippen LogP contribution is 2.26. The molecule has 0 fully saturated rings. The highest BCUT2D eigenvalue weighted by Gasteiger charge is 2.12. The number of hydrogen-bond acceptors (Lipinski definition) is 2. The first-order chi connectivity index (χ1) is 7.66. The van der Waals surface area contributed by atoms with Crippen LogP contribution >= 0.6 is 11.6 Å². The molecule has 0 saturated heterocycles. The summed E-state index contributed by atoms with van der Waals surface area (Å²) in [7, 11) is 0. The van der Waals surface area contributed by atoms with Crippen molar-refractivity contribution in [3.05, 3.63) is 58.5 Å². The number of aliphatic hydroxyl groups is 1. The lowest BCUT2D eigenvalue weighted by Gasteiger charge is -2.12. The number of hydrogen-bond donors (Lipinski definition) is 1. The van der Waals surface area contributed by atoms with Crippen LogP contribution in [0.5, 0.6) is 0 Å². The van der Waals surface area contributed by atoms with Crippen LogP contribution in [0.15, 0.2) is 41.2 Å². The molecule has 1 atom stereocenters. The van der Waals surface area contributed by atoms with Gasteiger partial charge in [0.05, 0.1) is 18.6 Å². The van der Waals surface area contributed by atoms with Crippen LogP contribution in [0.2, 0.25) is 5.02 Å². The molecule has 1 aromatic carbocycles. The minimum atomic E-state index is -0.592. The third-order valence-corrected chi connectivity index (χ3v) is 2.85. The fraction of sp³-hybridized carbons (Fsp3) is 0.231. The third-order valence-electron chi connectivity index (χ3n) is 2.52. The van der Waals surface area contributed by atoms with Gasteiger partial charge < -0.3 is 9.52 Å². The van der Waals surface area contributed by atoms with E-state index >= 15 is 0 Å². The Morgan fingerprint density at radius 3 is 2.81 bits per heavy atom. The molecule has 0 aliphatic carbocycles. The Bertz CT molecular complexity index is 463. The zero-order valence-electron chi connectivity index (χ0n) is 8.98. The first-order valence-electron chi connectivity index (χ1n) is 5.12. The first-order valence-corrected chi connectivity index (χ1v) is 5.50. The van der Waals surface area contributed by atoms with Crippen molar-refractivity contribution >= 4 is 11.6 Å². The summed E-state index contributed by atoms with van der Waals surface area (Å²) < 4.78 is 4.96. The van der Waals surface area contributed by atoms with Crippen LogP contribution in [0.4, 0.5) is 0 Å². The normalized spacial score (nSPS) is 12.7. The van der Waals surface area contributed by atoms with Gasteiger partial charge in [-0.15, -0.1) is 0 Å². The molecule has 1 aromatic heterocycles. The Labute approximate surface area is 99.5 Å². The molecule has 84 valence electrons. The van der Waals surface area contributed by atoms with Crippen LogP contribution in [0, 0.1) is 6.92 Å². The topological polar surface area (TPSA) is 33.4 Å². The van der Waals surface area contributed by atoms with Crippen molar-refractivity contribution in [2.45, 2.75) is 19.4 Å². The Morgan fingerprint density at radius 1 is 1.38 bits per heavy atom. The van der Waals surface area contributed by atoms with Gasteiger partial charge in [0, 0.05) is 11.4 Å². The van der Waals surface area contributed by atoms with Gasteiger partial charge in [-0.05, 0) is 35.7 Å². The lowest BCUT2D eigenvalue weighted by molar-refractivity contribution is 0.178. The molecule has 2 aromatic rings. The number of furan rings is 1. The second kappa shape index (κ2) is 4.73. The molecule has 0 aliphatic heterocycles. The summed E-state index contributed by atoms with van der Waals surface area (Å²) in [6.45, 7) is 1.97. The van der Waals surface area contributed by atoms with Gasteiger partial charge in [0.25, 0.3) is 0 Å². The van der Waals surface area contributed by atoms with Gasteiger partial charge in [-0.2, -0.15) is 0 Å². The summed E-state index contributed by atoms with van der Waals surface area (Å²) >= 11 is 6.08. The van der Waals surface area contributed by atoms with Crippen LogP contribution in [0.25, 0.3) is 0 Å². The number of aryl methyl sites for hydroxylation is 1. The fourth-order valence-corrected chi connectivity index (χ4v) is 2.01. The van der Waals surface area contributed by atoms with E-state index in [2.05, 4.69) is 0 Å². The van der Waals surface area contributed by atoms with E-state index < -0.39 is 6.10 Å². The molecule has 1 N–H and O–H groups in total. The smallest absolute Gasteiger partial charge is 0.0935 e. The molecule has 3 heteroatoms. The Balaban J connectivity index is 2.17. The van der Waals surface area contributed by atoms with Crippen LogP contribution < -0.4 is 0 Å². The largest absolute Gasteiger partial charge is 0.472 e. The molecular formula is C13H13ClO2. The van der Waals surface area contributed by atoms with E-state index in [1.165, 1.54) is 0 Å². The second-order valence-corrected chi connectivity index (χ2v) is 4.28. The van der Waals surface area contributed by atoms with Gasteiger partial charge in [-0.25, -0.2) is 0 Å². The lowest BCUT2D eigenvalue weighted by Crippen LogP contribution is -2.02. The molecule has 2 rings (SSSR count). The number of halogens is 1. The average Bonchev–Trinajstić information content (AvgIpc) is 2.70. The van der Waals surface area contributed by atoms with Crippen molar-refractivity contribution in [3.63, 3.8) is 0 Å². The van der Waals surface area contributed by atoms with Gasteiger partial charge in [-0.3, -0.25) is 0 Å². The number of rotatable bonds is 3. The molecule has 1 heterocycles. The van der Waals surface area contributed by atoms with E-state index in [4.69, 9.17) is 16.0 Å². The van der Waals surface area contributed by atoms with Crippen molar-refractivity contribution in [2.75, 3.05) is 0 Å². The quantitative estimate of drug-likeness (QED) is 0.885. The van der Waals surface area contributed by atoms with Gasteiger partial charge in [0.1, 0.15) is 0 Å². The Morgan fingerprint density at radius 2 is 2.19 bits per heavy atom. The van der Waals surface area contributed by atoms with Gasteiger partial charge >= 0.3 is 0 Å². The van der Waals surface area contributed by atoms with E-state index in [1.807, 2.05) is 31.2 Å². The zero-order valence-corrected chi connectivity index (χ0v) is 9.74. The van der Waals surface area contributed by atoms with E-state index in [0.717, 1.165) is 16.7 Å². The maximum Gasteiger partial charge on any atom is 0.0935 e. The Hall–Kier alpha value is -1.25. The molecule has 1 unspecified atom stereocenters. The predicted molar refractivity (Wildman–Crippen MR) is 63.6 cm³/mol. The number of benzene rings is 1. The van der Waals surface area contributed by atoms with Crippen LogP contribution in [0.3, 0.4) is 0 Å². The summed E-state index contributed by atoms with van der Waals surface area (Å²) in [4.78, 5) is 0. The fourth-order valence-electron chi connectivity index (χ4n) is 1.64. The highest BCUT2D eigenvalue weighted by molar-refractivity contribution is 6.31. The molecule has 0 radical (unpaired) electrons. The van der Waals surface area contributed by atoms with Crippen molar-refractivity contribution in [2.24, 2.45) is 0 Å². The SMILES string of the molecule is Cc1ccc(C(O)Cc2ccoc2)c(Cl)c1. The van der Waals surface area contributed by atoms with Crippen molar-refractivity contribution in [3.8, 4) is 0 Å². The van der Waals surface area contributed by atoms with Crippen molar-refractivity contribution < 1.29 is 9.52 Å². The molecule has 2 nitrogen and oxygen atoms in total. The predicted octanol–water partition coefficient (Wildman–Crippen LogP) is 3.52. The summed E-state index contributed by atoms with van der Waals surface area (Å²) in [5.74, 6) is 0.